The van der Waals surface area contributed by atoms with E-state index in [2.05, 4.69) is 68.7 Å². The van der Waals surface area contributed by atoms with Crippen LogP contribution in [-0.4, -0.2) is 10.8 Å². The largest absolute Gasteiger partial charge is 0.331 e. The van der Waals surface area contributed by atoms with Gasteiger partial charge in [-0.3, -0.25) is 5.43 Å². The fraction of sp³-hybridized carbons (Fsp3) is 0.556. The van der Waals surface area contributed by atoms with Crippen LogP contribution in [0.25, 0.3) is 0 Å². The summed E-state index contributed by atoms with van der Waals surface area (Å²) in [5, 5.41) is 8.37. The van der Waals surface area contributed by atoms with E-state index in [0.29, 0.717) is 16.4 Å². The molecule has 1 aliphatic rings. The van der Waals surface area contributed by atoms with Gasteiger partial charge < -0.3 is 5.32 Å². The molecule has 3 nitrogen and oxygen atoms in total. The van der Waals surface area contributed by atoms with E-state index in [1.165, 1.54) is 23.3 Å². The van der Waals surface area contributed by atoms with Gasteiger partial charge in [0.15, 0.2) is 5.11 Å². The number of benzene rings is 1. The first-order valence-corrected chi connectivity index (χ1v) is 8.36. The average molecular weight is 318 g/mol. The lowest BCUT2D eigenvalue weighted by atomic mass is 9.72. The van der Waals surface area contributed by atoms with E-state index in [4.69, 9.17) is 12.2 Å². The highest BCUT2D eigenvalue weighted by Gasteiger charge is 2.29. The monoisotopic (exact) mass is 317 g/mol. The first-order chi connectivity index (χ1) is 10.3. The number of nitrogens with one attached hydrogen (secondary N) is 2. The molecule has 1 fully saturated rings. The Morgan fingerprint density at radius 1 is 1.27 bits per heavy atom. The molecule has 4 heteroatoms. The van der Waals surface area contributed by atoms with Crippen LogP contribution in [0, 0.1) is 25.2 Å². The van der Waals surface area contributed by atoms with Crippen LogP contribution in [0.15, 0.2) is 23.3 Å². The van der Waals surface area contributed by atoms with Gasteiger partial charge in [0.25, 0.3) is 0 Å². The minimum absolute atomic E-state index is 0.333. The Balaban J connectivity index is 1.99. The summed E-state index contributed by atoms with van der Waals surface area (Å²) in [5.41, 5.74) is 8.01. The van der Waals surface area contributed by atoms with E-state index >= 15 is 0 Å². The van der Waals surface area contributed by atoms with Crippen LogP contribution < -0.4 is 10.7 Å². The van der Waals surface area contributed by atoms with Crippen LogP contribution in [0.2, 0.25) is 0 Å². The molecule has 1 saturated carbocycles. The second-order valence-corrected chi connectivity index (χ2v) is 7.77. The van der Waals surface area contributed by atoms with Gasteiger partial charge in [-0.25, -0.2) is 0 Å². The van der Waals surface area contributed by atoms with Gasteiger partial charge in [-0.05, 0) is 67.8 Å². The first-order valence-electron chi connectivity index (χ1n) is 7.95. The molecule has 1 aromatic rings. The highest BCUT2D eigenvalue weighted by Crippen LogP contribution is 2.36. The van der Waals surface area contributed by atoms with Crippen LogP contribution in [0.3, 0.4) is 0 Å². The van der Waals surface area contributed by atoms with E-state index < -0.39 is 0 Å². The predicted molar refractivity (Wildman–Crippen MR) is 99.5 cm³/mol. The normalized spacial score (nSPS) is 22.4. The van der Waals surface area contributed by atoms with Crippen molar-refractivity contribution in [2.24, 2.45) is 16.4 Å². The standard InChI is InChI=1S/C18H27N3S/c1-12-9-15(11-18(4,5)10-12)20-21-17(22)19-16-13(2)7-6-8-14(16)3/h6-8,12H,9-11H2,1-5H3,(H2,19,21,22)/b20-15+/t12-/m0/s1. The molecule has 1 aliphatic carbocycles. The molecule has 0 amide bonds. The number of thiocarbonyl (C=S) groups is 1. The summed E-state index contributed by atoms with van der Waals surface area (Å²) in [6.07, 6.45) is 3.36. The smallest absolute Gasteiger partial charge is 0.191 e. The zero-order chi connectivity index (χ0) is 16.3. The Kier molecular flexibility index (Phi) is 5.22. The van der Waals surface area contributed by atoms with Gasteiger partial charge >= 0.3 is 0 Å². The van der Waals surface area contributed by atoms with Gasteiger partial charge in [-0.15, -0.1) is 0 Å². The molecule has 1 aromatic carbocycles. The van der Waals surface area contributed by atoms with E-state index in [-0.39, 0.29) is 0 Å². The summed E-state index contributed by atoms with van der Waals surface area (Å²) in [4.78, 5) is 0. The van der Waals surface area contributed by atoms with Crippen molar-refractivity contribution in [2.45, 2.75) is 53.9 Å². The summed E-state index contributed by atoms with van der Waals surface area (Å²) in [5.74, 6) is 0.685. The highest BCUT2D eigenvalue weighted by molar-refractivity contribution is 7.80. The highest BCUT2D eigenvalue weighted by atomic mass is 32.1. The Hall–Kier alpha value is -1.42. The van der Waals surface area contributed by atoms with Crippen LogP contribution in [0.5, 0.6) is 0 Å². The molecule has 120 valence electrons. The third-order valence-electron chi connectivity index (χ3n) is 4.20. The molecule has 2 rings (SSSR count). The van der Waals surface area contributed by atoms with Crippen molar-refractivity contribution >= 4 is 28.7 Å². The topological polar surface area (TPSA) is 36.4 Å². The van der Waals surface area contributed by atoms with Crippen molar-refractivity contribution in [3.63, 3.8) is 0 Å². The molecule has 0 unspecified atom stereocenters. The molecule has 0 aromatic heterocycles. The van der Waals surface area contributed by atoms with E-state index in [9.17, 15) is 0 Å². The van der Waals surface area contributed by atoms with Gasteiger partial charge in [0, 0.05) is 11.4 Å². The van der Waals surface area contributed by atoms with Crippen molar-refractivity contribution in [3.05, 3.63) is 29.3 Å². The molecule has 0 heterocycles. The Morgan fingerprint density at radius 3 is 2.50 bits per heavy atom. The number of para-hydroxylation sites is 1. The second kappa shape index (κ2) is 6.78. The molecular weight excluding hydrogens is 290 g/mol. The molecule has 0 radical (unpaired) electrons. The molecule has 2 N–H and O–H groups in total. The number of hydrazone groups is 1. The Morgan fingerprint density at radius 2 is 1.91 bits per heavy atom. The number of aryl methyl sites for hydroxylation is 2. The van der Waals surface area contributed by atoms with Gasteiger partial charge in [-0.2, -0.15) is 5.10 Å². The molecule has 0 bridgehead atoms. The number of hydrogen-bond donors (Lipinski definition) is 2. The summed E-state index contributed by atoms with van der Waals surface area (Å²) in [6.45, 7) is 11.1. The maximum atomic E-state index is 5.38. The fourth-order valence-electron chi connectivity index (χ4n) is 3.48. The predicted octanol–water partition coefficient (Wildman–Crippen LogP) is 4.79. The van der Waals surface area contributed by atoms with Crippen molar-refractivity contribution in [3.8, 4) is 0 Å². The van der Waals surface area contributed by atoms with E-state index in [1.807, 2.05) is 0 Å². The van der Waals surface area contributed by atoms with Crippen LogP contribution in [0.1, 0.15) is 51.2 Å². The third kappa shape index (κ3) is 4.54. The number of hydrogen-bond acceptors (Lipinski definition) is 2. The summed E-state index contributed by atoms with van der Waals surface area (Å²) >= 11 is 5.38. The van der Waals surface area contributed by atoms with Crippen molar-refractivity contribution < 1.29 is 0 Å². The Labute approximate surface area is 139 Å². The molecule has 22 heavy (non-hydrogen) atoms. The van der Waals surface area contributed by atoms with Crippen molar-refractivity contribution in [2.75, 3.05) is 5.32 Å². The molecular formula is C18H27N3S. The third-order valence-corrected chi connectivity index (χ3v) is 4.40. The molecule has 0 saturated heterocycles. The van der Waals surface area contributed by atoms with Crippen LogP contribution >= 0.6 is 12.2 Å². The average Bonchev–Trinajstić information content (AvgIpc) is 2.38. The lowest BCUT2D eigenvalue weighted by Crippen LogP contribution is -2.31. The van der Waals surface area contributed by atoms with E-state index in [1.54, 1.807) is 0 Å². The van der Waals surface area contributed by atoms with Gasteiger partial charge in [0.1, 0.15) is 0 Å². The van der Waals surface area contributed by atoms with Gasteiger partial charge in [0.2, 0.25) is 0 Å². The van der Waals surface area contributed by atoms with Crippen LogP contribution in [0.4, 0.5) is 5.69 Å². The summed E-state index contributed by atoms with van der Waals surface area (Å²) in [6, 6.07) is 6.21. The second-order valence-electron chi connectivity index (χ2n) is 7.37. The fourth-order valence-corrected chi connectivity index (χ4v) is 3.63. The maximum Gasteiger partial charge on any atom is 0.191 e. The molecule has 0 spiro atoms. The molecule has 1 atom stereocenters. The van der Waals surface area contributed by atoms with Gasteiger partial charge in [0.05, 0.1) is 0 Å². The molecule has 0 aliphatic heterocycles. The van der Waals surface area contributed by atoms with E-state index in [0.717, 1.165) is 18.5 Å². The zero-order valence-electron chi connectivity index (χ0n) is 14.3. The SMILES string of the molecule is Cc1cccc(C)c1NC(=S)N/N=C1\C[C@H](C)CC(C)(C)C1. The lowest BCUT2D eigenvalue weighted by Gasteiger charge is -2.34. The van der Waals surface area contributed by atoms with Gasteiger partial charge in [-0.1, -0.05) is 39.0 Å². The number of nitrogens with zero attached hydrogens (tertiary/aromatic N) is 1. The Bertz CT molecular complexity index is 570. The van der Waals surface area contributed by atoms with Crippen LogP contribution in [-0.2, 0) is 0 Å². The number of rotatable bonds is 2. The number of anilines is 1. The maximum absolute atomic E-state index is 5.38. The minimum atomic E-state index is 0.333. The quantitative estimate of drug-likeness (QED) is 0.608. The first kappa shape index (κ1) is 16.9. The summed E-state index contributed by atoms with van der Waals surface area (Å²) in [7, 11) is 0. The summed E-state index contributed by atoms with van der Waals surface area (Å²) < 4.78 is 0. The lowest BCUT2D eigenvalue weighted by molar-refractivity contribution is 0.265. The zero-order valence-corrected chi connectivity index (χ0v) is 15.1. The minimum Gasteiger partial charge on any atom is -0.331 e. The van der Waals surface area contributed by atoms with Crippen molar-refractivity contribution in [1.29, 1.82) is 0 Å². The van der Waals surface area contributed by atoms with Crippen molar-refractivity contribution in [1.82, 2.24) is 5.43 Å².